The average Bonchev–Trinajstić information content (AvgIpc) is 3.18. The molecule has 0 bridgehead atoms. The third-order valence-electron chi connectivity index (χ3n) is 4.44. The minimum Gasteiger partial charge on any atom is -0.304 e. The average molecular weight is 401 g/mol. The van der Waals surface area contributed by atoms with Crippen molar-refractivity contribution in [3.63, 3.8) is 0 Å². The standard InChI is InChI=1S/C20H24N4O3S/c1-23(2)12-14-13-28-20(21-14)22-17(25)10-4-3-7-11-24-18(26)15-8-5-6-9-16(15)19(24)27/h5-6,8-9,13H,3-4,7,10-12H2,1-2H3,(H,21,22,25). The quantitative estimate of drug-likeness (QED) is 0.517. The van der Waals surface area contributed by atoms with Gasteiger partial charge in [-0.2, -0.15) is 0 Å². The van der Waals surface area contributed by atoms with Crippen LogP contribution in [-0.2, 0) is 11.3 Å². The first kappa shape index (κ1) is 20.2. The Labute approximate surface area is 168 Å². The molecule has 0 spiro atoms. The lowest BCUT2D eigenvalue weighted by Crippen LogP contribution is -2.30. The maximum Gasteiger partial charge on any atom is 0.261 e. The number of fused-ring (bicyclic) bond motifs is 1. The molecule has 0 saturated carbocycles. The zero-order valence-electron chi connectivity index (χ0n) is 16.1. The third kappa shape index (κ3) is 4.82. The summed E-state index contributed by atoms with van der Waals surface area (Å²) in [5.41, 5.74) is 1.89. The number of imide groups is 1. The summed E-state index contributed by atoms with van der Waals surface area (Å²) < 4.78 is 0. The maximum atomic E-state index is 12.3. The molecular formula is C20H24N4O3S. The molecule has 3 rings (SSSR count). The number of carbonyl (C=O) groups excluding carboxylic acids is 3. The normalized spacial score (nSPS) is 13.3. The van der Waals surface area contributed by atoms with Crippen molar-refractivity contribution < 1.29 is 14.4 Å². The number of aromatic nitrogens is 1. The number of thiazole rings is 1. The van der Waals surface area contributed by atoms with Crippen LogP contribution in [0, 0.1) is 0 Å². The molecule has 148 valence electrons. The van der Waals surface area contributed by atoms with Gasteiger partial charge in [-0.3, -0.25) is 19.3 Å². The Morgan fingerprint density at radius 1 is 1.11 bits per heavy atom. The van der Waals surface area contributed by atoms with Crippen molar-refractivity contribution in [2.24, 2.45) is 0 Å². The molecule has 7 nitrogen and oxygen atoms in total. The number of hydrogen-bond acceptors (Lipinski definition) is 6. The molecule has 1 aromatic carbocycles. The van der Waals surface area contributed by atoms with Gasteiger partial charge in [-0.25, -0.2) is 4.98 Å². The van der Waals surface area contributed by atoms with Gasteiger partial charge in [0.25, 0.3) is 11.8 Å². The Kier molecular flexibility index (Phi) is 6.53. The van der Waals surface area contributed by atoms with E-state index in [2.05, 4.69) is 10.3 Å². The van der Waals surface area contributed by atoms with Crippen molar-refractivity contribution in [3.05, 3.63) is 46.5 Å². The van der Waals surface area contributed by atoms with Gasteiger partial charge in [0.15, 0.2) is 5.13 Å². The number of benzene rings is 1. The number of nitrogens with one attached hydrogen (secondary N) is 1. The van der Waals surface area contributed by atoms with E-state index in [9.17, 15) is 14.4 Å². The first-order valence-corrected chi connectivity index (χ1v) is 10.2. The second kappa shape index (κ2) is 9.07. The summed E-state index contributed by atoms with van der Waals surface area (Å²) in [6, 6.07) is 6.89. The molecule has 2 aromatic rings. The van der Waals surface area contributed by atoms with E-state index < -0.39 is 0 Å². The van der Waals surface area contributed by atoms with E-state index in [-0.39, 0.29) is 17.7 Å². The van der Waals surface area contributed by atoms with Crippen LogP contribution >= 0.6 is 11.3 Å². The van der Waals surface area contributed by atoms with Crippen LogP contribution in [-0.4, -0.2) is 53.1 Å². The first-order chi connectivity index (χ1) is 13.5. The Bertz CT molecular complexity index is 843. The lowest BCUT2D eigenvalue weighted by Gasteiger charge is -2.13. The molecule has 1 aliphatic heterocycles. The number of unbranched alkanes of at least 4 members (excludes halogenated alkanes) is 2. The fourth-order valence-corrected chi connectivity index (χ4v) is 3.83. The SMILES string of the molecule is CN(C)Cc1csc(NC(=O)CCCCCN2C(=O)c3ccccc3C2=O)n1. The summed E-state index contributed by atoms with van der Waals surface area (Å²) in [5, 5.41) is 5.39. The number of amides is 3. The molecule has 28 heavy (non-hydrogen) atoms. The van der Waals surface area contributed by atoms with E-state index in [1.807, 2.05) is 24.4 Å². The van der Waals surface area contributed by atoms with Gasteiger partial charge < -0.3 is 10.2 Å². The number of hydrogen-bond donors (Lipinski definition) is 1. The highest BCUT2D eigenvalue weighted by atomic mass is 32.1. The molecule has 0 fully saturated rings. The molecule has 8 heteroatoms. The summed E-state index contributed by atoms with van der Waals surface area (Å²) in [4.78, 5) is 44.3. The molecule has 3 amide bonds. The zero-order valence-corrected chi connectivity index (χ0v) is 16.9. The molecular weight excluding hydrogens is 376 g/mol. The Morgan fingerprint density at radius 3 is 2.43 bits per heavy atom. The number of nitrogens with zero attached hydrogens (tertiary/aromatic N) is 3. The van der Waals surface area contributed by atoms with Crippen LogP contribution in [0.15, 0.2) is 29.6 Å². The van der Waals surface area contributed by atoms with Crippen molar-refractivity contribution in [3.8, 4) is 0 Å². The van der Waals surface area contributed by atoms with Gasteiger partial charge in [0, 0.05) is 24.9 Å². The van der Waals surface area contributed by atoms with Crippen LogP contribution in [0.3, 0.4) is 0 Å². The van der Waals surface area contributed by atoms with Gasteiger partial charge in [-0.15, -0.1) is 11.3 Å². The summed E-state index contributed by atoms with van der Waals surface area (Å²) >= 11 is 1.42. The highest BCUT2D eigenvalue weighted by molar-refractivity contribution is 7.13. The Balaban J connectivity index is 1.36. The van der Waals surface area contributed by atoms with Crippen molar-refractivity contribution in [1.82, 2.24) is 14.8 Å². The fourth-order valence-electron chi connectivity index (χ4n) is 3.12. The number of rotatable bonds is 9. The molecule has 1 aliphatic rings. The van der Waals surface area contributed by atoms with Crippen molar-refractivity contribution in [1.29, 1.82) is 0 Å². The largest absolute Gasteiger partial charge is 0.304 e. The van der Waals surface area contributed by atoms with E-state index in [1.54, 1.807) is 24.3 Å². The van der Waals surface area contributed by atoms with Crippen LogP contribution in [0.5, 0.6) is 0 Å². The molecule has 0 saturated heterocycles. The Hall–Kier alpha value is -2.58. The summed E-state index contributed by atoms with van der Waals surface area (Å²) in [7, 11) is 3.94. The second-order valence-corrected chi connectivity index (χ2v) is 7.91. The lowest BCUT2D eigenvalue weighted by atomic mass is 10.1. The van der Waals surface area contributed by atoms with Crippen LogP contribution < -0.4 is 5.32 Å². The van der Waals surface area contributed by atoms with Crippen molar-refractivity contribution >= 4 is 34.2 Å². The topological polar surface area (TPSA) is 82.6 Å². The minimum atomic E-state index is -0.226. The summed E-state index contributed by atoms with van der Waals surface area (Å²) in [6.07, 6.45) is 2.54. The molecule has 0 unspecified atom stereocenters. The molecule has 2 heterocycles. The van der Waals surface area contributed by atoms with E-state index in [4.69, 9.17) is 0 Å². The zero-order chi connectivity index (χ0) is 20.1. The minimum absolute atomic E-state index is 0.0634. The van der Waals surface area contributed by atoms with Gasteiger partial charge in [0.2, 0.25) is 5.91 Å². The number of anilines is 1. The predicted molar refractivity (Wildman–Crippen MR) is 108 cm³/mol. The molecule has 0 atom stereocenters. The first-order valence-electron chi connectivity index (χ1n) is 9.30. The third-order valence-corrected chi connectivity index (χ3v) is 5.25. The molecule has 0 radical (unpaired) electrons. The highest BCUT2D eigenvalue weighted by Crippen LogP contribution is 2.23. The van der Waals surface area contributed by atoms with Gasteiger partial charge in [0.1, 0.15) is 0 Å². The summed E-state index contributed by atoms with van der Waals surface area (Å²) in [5.74, 6) is -0.516. The molecule has 1 aromatic heterocycles. The van der Waals surface area contributed by atoms with E-state index in [0.717, 1.165) is 18.7 Å². The van der Waals surface area contributed by atoms with Gasteiger partial charge in [-0.1, -0.05) is 18.6 Å². The van der Waals surface area contributed by atoms with E-state index >= 15 is 0 Å². The smallest absolute Gasteiger partial charge is 0.261 e. The van der Waals surface area contributed by atoms with Gasteiger partial charge in [0.05, 0.1) is 16.8 Å². The highest BCUT2D eigenvalue weighted by Gasteiger charge is 2.34. The molecule has 0 aliphatic carbocycles. The maximum absolute atomic E-state index is 12.3. The summed E-state index contributed by atoms with van der Waals surface area (Å²) in [6.45, 7) is 1.12. The number of carbonyl (C=O) groups is 3. The monoisotopic (exact) mass is 400 g/mol. The molecule has 1 N–H and O–H groups in total. The van der Waals surface area contributed by atoms with Gasteiger partial charge >= 0.3 is 0 Å². The van der Waals surface area contributed by atoms with Crippen molar-refractivity contribution in [2.75, 3.05) is 26.0 Å². The second-order valence-electron chi connectivity index (χ2n) is 7.05. The van der Waals surface area contributed by atoms with E-state index in [1.165, 1.54) is 16.2 Å². The van der Waals surface area contributed by atoms with Gasteiger partial charge in [-0.05, 0) is 39.1 Å². The van der Waals surface area contributed by atoms with E-state index in [0.29, 0.717) is 42.1 Å². The fraction of sp³-hybridized carbons (Fsp3) is 0.400. The van der Waals surface area contributed by atoms with Crippen LogP contribution in [0.4, 0.5) is 5.13 Å². The van der Waals surface area contributed by atoms with Crippen LogP contribution in [0.1, 0.15) is 52.1 Å². The van der Waals surface area contributed by atoms with Crippen LogP contribution in [0.2, 0.25) is 0 Å². The predicted octanol–water partition coefficient (Wildman–Crippen LogP) is 3.00. The lowest BCUT2D eigenvalue weighted by molar-refractivity contribution is -0.116. The van der Waals surface area contributed by atoms with Crippen molar-refractivity contribution in [2.45, 2.75) is 32.2 Å². The van der Waals surface area contributed by atoms with Crippen LogP contribution in [0.25, 0.3) is 0 Å². The Morgan fingerprint density at radius 2 is 1.79 bits per heavy atom.